The van der Waals surface area contributed by atoms with Crippen LogP contribution in [0.5, 0.6) is 0 Å². The molecule has 1 amide bonds. The Kier molecular flexibility index (Phi) is 5.01. The molecule has 0 saturated carbocycles. The van der Waals surface area contributed by atoms with Crippen LogP contribution in [0.1, 0.15) is 22.5 Å². The highest BCUT2D eigenvalue weighted by molar-refractivity contribution is 6.01. The average Bonchev–Trinajstić information content (AvgIpc) is 3.12. The lowest BCUT2D eigenvalue weighted by Gasteiger charge is -2.12. The van der Waals surface area contributed by atoms with Crippen LogP contribution in [-0.4, -0.2) is 27.0 Å². The Balaban J connectivity index is 1.70. The standard InChI is InChI=1S/C19H20N4O/c1-15-18(17(8-10-21-15)16-6-3-2-4-7-16)19(24)22-9-5-12-23-13-11-20-14-23/h2-4,6-8,10-11,13-14H,5,9,12H2,1H3,(H,22,24). The Morgan fingerprint density at radius 1 is 1.17 bits per heavy atom. The van der Waals surface area contributed by atoms with Gasteiger partial charge in [0.2, 0.25) is 0 Å². The molecular formula is C19H20N4O. The van der Waals surface area contributed by atoms with Crippen molar-refractivity contribution in [2.45, 2.75) is 19.9 Å². The second-order valence-corrected chi connectivity index (χ2v) is 5.59. The number of nitrogens with zero attached hydrogens (tertiary/aromatic N) is 3. The third kappa shape index (κ3) is 3.68. The van der Waals surface area contributed by atoms with Crippen molar-refractivity contribution in [2.75, 3.05) is 6.54 Å². The first-order valence-electron chi connectivity index (χ1n) is 8.00. The number of nitrogens with one attached hydrogen (secondary N) is 1. The van der Waals surface area contributed by atoms with Crippen LogP contribution in [0.4, 0.5) is 0 Å². The second-order valence-electron chi connectivity index (χ2n) is 5.59. The number of rotatable bonds is 6. The van der Waals surface area contributed by atoms with Crippen molar-refractivity contribution in [1.82, 2.24) is 19.9 Å². The first-order valence-corrected chi connectivity index (χ1v) is 8.00. The molecule has 5 nitrogen and oxygen atoms in total. The summed E-state index contributed by atoms with van der Waals surface area (Å²) in [5, 5.41) is 3.00. The number of pyridine rings is 1. The molecule has 3 rings (SSSR count). The fourth-order valence-corrected chi connectivity index (χ4v) is 2.68. The molecule has 0 fully saturated rings. The summed E-state index contributed by atoms with van der Waals surface area (Å²) in [6.45, 7) is 3.31. The minimum absolute atomic E-state index is 0.0786. The van der Waals surface area contributed by atoms with Gasteiger partial charge in [0.05, 0.1) is 17.6 Å². The smallest absolute Gasteiger partial charge is 0.253 e. The molecule has 1 N–H and O–H groups in total. The van der Waals surface area contributed by atoms with Gasteiger partial charge in [-0.15, -0.1) is 0 Å². The van der Waals surface area contributed by atoms with E-state index in [1.54, 1.807) is 18.7 Å². The predicted octanol–water partition coefficient (Wildman–Crippen LogP) is 3.07. The molecule has 0 spiro atoms. The Hall–Kier alpha value is -2.95. The van der Waals surface area contributed by atoms with Gasteiger partial charge in [-0.1, -0.05) is 30.3 Å². The minimum Gasteiger partial charge on any atom is -0.352 e. The molecule has 0 unspecified atom stereocenters. The van der Waals surface area contributed by atoms with Crippen LogP contribution in [0.3, 0.4) is 0 Å². The topological polar surface area (TPSA) is 59.8 Å². The number of benzene rings is 1. The summed E-state index contributed by atoms with van der Waals surface area (Å²) in [6, 6.07) is 11.8. The lowest BCUT2D eigenvalue weighted by molar-refractivity contribution is 0.0952. The van der Waals surface area contributed by atoms with Gasteiger partial charge >= 0.3 is 0 Å². The van der Waals surface area contributed by atoms with Crippen LogP contribution >= 0.6 is 0 Å². The molecule has 0 aliphatic carbocycles. The largest absolute Gasteiger partial charge is 0.352 e. The zero-order valence-electron chi connectivity index (χ0n) is 13.6. The van der Waals surface area contributed by atoms with Crippen LogP contribution < -0.4 is 5.32 Å². The maximum atomic E-state index is 12.7. The molecular weight excluding hydrogens is 300 g/mol. The predicted molar refractivity (Wildman–Crippen MR) is 93.6 cm³/mol. The number of imidazole rings is 1. The minimum atomic E-state index is -0.0786. The monoisotopic (exact) mass is 320 g/mol. The summed E-state index contributed by atoms with van der Waals surface area (Å²) in [5.41, 5.74) is 3.32. The van der Waals surface area contributed by atoms with Crippen molar-refractivity contribution >= 4 is 5.91 Å². The molecule has 122 valence electrons. The summed E-state index contributed by atoms with van der Waals surface area (Å²) in [6.07, 6.45) is 8.04. The Morgan fingerprint density at radius 3 is 2.75 bits per heavy atom. The number of carbonyl (C=O) groups is 1. The normalized spacial score (nSPS) is 10.5. The van der Waals surface area contributed by atoms with E-state index < -0.39 is 0 Å². The lowest BCUT2D eigenvalue weighted by atomic mass is 9.99. The van der Waals surface area contributed by atoms with Gasteiger partial charge in [-0.25, -0.2) is 4.98 Å². The maximum absolute atomic E-state index is 12.7. The van der Waals surface area contributed by atoms with Crippen molar-refractivity contribution in [2.24, 2.45) is 0 Å². The molecule has 0 radical (unpaired) electrons. The van der Waals surface area contributed by atoms with E-state index in [0.717, 1.165) is 29.8 Å². The molecule has 0 aliphatic rings. The van der Waals surface area contributed by atoms with Crippen molar-refractivity contribution in [3.8, 4) is 11.1 Å². The molecule has 5 heteroatoms. The number of hydrogen-bond donors (Lipinski definition) is 1. The van der Waals surface area contributed by atoms with Gasteiger partial charge in [0.15, 0.2) is 0 Å². The number of amides is 1. The van der Waals surface area contributed by atoms with E-state index in [4.69, 9.17) is 0 Å². The van der Waals surface area contributed by atoms with E-state index >= 15 is 0 Å². The first kappa shape index (κ1) is 15.9. The number of aromatic nitrogens is 3. The summed E-state index contributed by atoms with van der Waals surface area (Å²) in [4.78, 5) is 20.9. The summed E-state index contributed by atoms with van der Waals surface area (Å²) < 4.78 is 2.00. The number of hydrogen-bond acceptors (Lipinski definition) is 3. The highest BCUT2D eigenvalue weighted by Gasteiger charge is 2.15. The quantitative estimate of drug-likeness (QED) is 0.710. The van der Waals surface area contributed by atoms with E-state index in [0.29, 0.717) is 12.1 Å². The van der Waals surface area contributed by atoms with Crippen LogP contribution in [0.15, 0.2) is 61.3 Å². The maximum Gasteiger partial charge on any atom is 0.253 e. The Morgan fingerprint density at radius 2 is 2.00 bits per heavy atom. The van der Waals surface area contributed by atoms with Crippen molar-refractivity contribution in [1.29, 1.82) is 0 Å². The molecule has 0 aliphatic heterocycles. The zero-order valence-corrected chi connectivity index (χ0v) is 13.6. The highest BCUT2D eigenvalue weighted by Crippen LogP contribution is 2.24. The van der Waals surface area contributed by atoms with Gasteiger partial charge in [-0.3, -0.25) is 9.78 Å². The Bertz CT molecular complexity index is 797. The van der Waals surface area contributed by atoms with E-state index in [9.17, 15) is 4.79 Å². The molecule has 1 aromatic carbocycles. The number of carbonyl (C=O) groups excluding carboxylic acids is 1. The molecule has 0 saturated heterocycles. The summed E-state index contributed by atoms with van der Waals surface area (Å²) in [7, 11) is 0. The van der Waals surface area contributed by atoms with Gasteiger partial charge < -0.3 is 9.88 Å². The van der Waals surface area contributed by atoms with Crippen molar-refractivity contribution in [3.05, 3.63) is 72.6 Å². The molecule has 2 heterocycles. The highest BCUT2D eigenvalue weighted by atomic mass is 16.1. The third-order valence-electron chi connectivity index (χ3n) is 3.89. The molecule has 0 bridgehead atoms. The molecule has 2 aromatic heterocycles. The third-order valence-corrected chi connectivity index (χ3v) is 3.89. The van der Waals surface area contributed by atoms with Gasteiger partial charge in [0.25, 0.3) is 5.91 Å². The van der Waals surface area contributed by atoms with E-state index in [1.807, 2.05) is 54.1 Å². The first-order chi connectivity index (χ1) is 11.8. The van der Waals surface area contributed by atoms with Crippen LogP contribution in [0, 0.1) is 6.92 Å². The van der Waals surface area contributed by atoms with Crippen LogP contribution in [0.2, 0.25) is 0 Å². The van der Waals surface area contributed by atoms with Crippen LogP contribution in [0.25, 0.3) is 11.1 Å². The number of aryl methyl sites for hydroxylation is 2. The van der Waals surface area contributed by atoms with Crippen LogP contribution in [-0.2, 0) is 6.54 Å². The fraction of sp³-hybridized carbons (Fsp3) is 0.211. The summed E-state index contributed by atoms with van der Waals surface area (Å²) >= 11 is 0. The molecule has 24 heavy (non-hydrogen) atoms. The van der Waals surface area contributed by atoms with E-state index in [-0.39, 0.29) is 5.91 Å². The Labute approximate surface area is 141 Å². The van der Waals surface area contributed by atoms with Crippen molar-refractivity contribution < 1.29 is 4.79 Å². The van der Waals surface area contributed by atoms with Gasteiger partial charge in [0.1, 0.15) is 0 Å². The fourth-order valence-electron chi connectivity index (χ4n) is 2.68. The molecule has 3 aromatic rings. The lowest BCUT2D eigenvalue weighted by Crippen LogP contribution is -2.26. The van der Waals surface area contributed by atoms with E-state index in [2.05, 4.69) is 15.3 Å². The van der Waals surface area contributed by atoms with E-state index in [1.165, 1.54) is 0 Å². The van der Waals surface area contributed by atoms with Crippen molar-refractivity contribution in [3.63, 3.8) is 0 Å². The summed E-state index contributed by atoms with van der Waals surface area (Å²) in [5.74, 6) is -0.0786. The SMILES string of the molecule is Cc1nccc(-c2ccccc2)c1C(=O)NCCCn1ccnc1. The van der Waals surface area contributed by atoms with Gasteiger partial charge in [0, 0.05) is 31.7 Å². The molecule has 0 atom stereocenters. The average molecular weight is 320 g/mol. The van der Waals surface area contributed by atoms with Gasteiger partial charge in [-0.05, 0) is 30.5 Å². The second kappa shape index (κ2) is 7.55. The van der Waals surface area contributed by atoms with Gasteiger partial charge in [-0.2, -0.15) is 0 Å². The zero-order chi connectivity index (χ0) is 16.8.